The van der Waals surface area contributed by atoms with Gasteiger partial charge in [0.15, 0.2) is 5.82 Å². The van der Waals surface area contributed by atoms with Gasteiger partial charge in [-0.15, -0.1) is 11.3 Å². The second-order valence-electron chi connectivity index (χ2n) is 13.8. The van der Waals surface area contributed by atoms with Crippen LogP contribution >= 0.6 is 11.3 Å². The Balaban J connectivity index is 1.18. The predicted octanol–water partition coefficient (Wildman–Crippen LogP) is 12.3. The minimum Gasteiger partial charge on any atom is -0.457 e. The van der Waals surface area contributed by atoms with Crippen LogP contribution in [0.25, 0.3) is 75.9 Å². The van der Waals surface area contributed by atoms with Gasteiger partial charge in [0.1, 0.15) is 17.2 Å². The van der Waals surface area contributed by atoms with Gasteiger partial charge in [-0.3, -0.25) is 0 Å². The Hall–Kier alpha value is -6.69. The van der Waals surface area contributed by atoms with E-state index in [1.54, 1.807) is 11.3 Å². The SMILES string of the molecule is c1ccc2c(c1)Oc1ccccc1C21c2ccccc2-c2ccc(-c3nc(-c4nc5ccccc5c5ccccc45)nc4c3sc3ccccc34)cc21. The second kappa shape index (κ2) is 10.7. The molecule has 0 fully saturated rings. The molecular weight excluding hydrogens is 667 g/mol. The highest BCUT2D eigenvalue weighted by molar-refractivity contribution is 7.26. The van der Waals surface area contributed by atoms with Gasteiger partial charge in [0.2, 0.25) is 0 Å². The zero-order valence-corrected chi connectivity index (χ0v) is 29.1. The Morgan fingerprint density at radius 2 is 1.08 bits per heavy atom. The van der Waals surface area contributed by atoms with E-state index in [-0.39, 0.29) is 0 Å². The Morgan fingerprint density at radius 3 is 1.89 bits per heavy atom. The van der Waals surface area contributed by atoms with E-state index < -0.39 is 5.41 Å². The first-order valence-corrected chi connectivity index (χ1v) is 18.7. The number of hydrogen-bond acceptors (Lipinski definition) is 5. The van der Waals surface area contributed by atoms with Gasteiger partial charge in [-0.05, 0) is 58.0 Å². The average Bonchev–Trinajstić information content (AvgIpc) is 3.74. The zero-order chi connectivity index (χ0) is 34.7. The zero-order valence-electron chi connectivity index (χ0n) is 28.2. The fourth-order valence-corrected chi connectivity index (χ4v) is 10.1. The molecule has 0 radical (unpaired) electrons. The van der Waals surface area contributed by atoms with Crippen molar-refractivity contribution in [3.8, 4) is 45.4 Å². The van der Waals surface area contributed by atoms with E-state index in [9.17, 15) is 0 Å². The number of benzene rings is 7. The van der Waals surface area contributed by atoms with Crippen LogP contribution in [0.2, 0.25) is 0 Å². The first-order valence-electron chi connectivity index (χ1n) is 17.9. The van der Waals surface area contributed by atoms with Crippen molar-refractivity contribution in [2.24, 2.45) is 0 Å². The van der Waals surface area contributed by atoms with E-state index in [0.717, 1.165) is 76.9 Å². The molecule has 1 aliphatic carbocycles. The maximum absolute atomic E-state index is 6.60. The van der Waals surface area contributed by atoms with Crippen molar-refractivity contribution in [3.63, 3.8) is 0 Å². The molecule has 7 aromatic carbocycles. The van der Waals surface area contributed by atoms with Gasteiger partial charge in [0, 0.05) is 37.5 Å². The van der Waals surface area contributed by atoms with Crippen molar-refractivity contribution in [2.75, 3.05) is 0 Å². The molecule has 0 atom stereocenters. The minimum absolute atomic E-state index is 0.571. The normalized spacial score (nSPS) is 13.6. The Labute approximate surface area is 308 Å². The number of rotatable bonds is 2. The largest absolute Gasteiger partial charge is 0.457 e. The lowest BCUT2D eigenvalue weighted by molar-refractivity contribution is 0.436. The molecule has 10 aromatic rings. The summed E-state index contributed by atoms with van der Waals surface area (Å²) < 4.78 is 8.86. The van der Waals surface area contributed by atoms with Crippen LogP contribution in [0.15, 0.2) is 164 Å². The maximum atomic E-state index is 6.60. The van der Waals surface area contributed by atoms with E-state index in [2.05, 4.69) is 158 Å². The van der Waals surface area contributed by atoms with Crippen LogP contribution in [-0.2, 0) is 5.41 Å². The molecule has 5 heteroatoms. The Kier molecular flexibility index (Phi) is 5.83. The molecule has 53 heavy (non-hydrogen) atoms. The molecule has 1 spiro atoms. The standard InChI is InChI=1S/C48H27N3OS/c1-2-16-33-29(13-1)32-15-4-9-21-39(32)49-45(33)47-50-43(46-44(51-47)34-17-5-12-24-42(34)53-46)28-25-26-31-30-14-3-6-18-35(30)48(38(31)27-28)36-19-7-10-22-40(36)52-41-23-11-8-20-37(41)48/h1-27H. The van der Waals surface area contributed by atoms with Crippen molar-refractivity contribution in [2.45, 2.75) is 5.41 Å². The molecule has 0 saturated heterocycles. The van der Waals surface area contributed by atoms with E-state index in [4.69, 9.17) is 19.7 Å². The van der Waals surface area contributed by atoms with Crippen LogP contribution in [0, 0.1) is 0 Å². The van der Waals surface area contributed by atoms with Crippen LogP contribution < -0.4 is 4.74 Å². The molecule has 4 nitrogen and oxygen atoms in total. The molecule has 12 rings (SSSR count). The van der Waals surface area contributed by atoms with E-state index >= 15 is 0 Å². The van der Waals surface area contributed by atoms with E-state index in [1.165, 1.54) is 27.0 Å². The number of thiophene rings is 1. The second-order valence-corrected chi connectivity index (χ2v) is 14.9. The van der Waals surface area contributed by atoms with Gasteiger partial charge >= 0.3 is 0 Å². The maximum Gasteiger partial charge on any atom is 0.180 e. The van der Waals surface area contributed by atoms with Gasteiger partial charge in [-0.25, -0.2) is 15.0 Å². The summed E-state index contributed by atoms with van der Waals surface area (Å²) >= 11 is 1.75. The molecule has 2 aliphatic rings. The number of hydrogen-bond donors (Lipinski definition) is 0. The lowest BCUT2D eigenvalue weighted by Gasteiger charge is -2.39. The fraction of sp³-hybridized carbons (Fsp3) is 0.0208. The third-order valence-electron chi connectivity index (χ3n) is 11.2. The summed E-state index contributed by atoms with van der Waals surface area (Å²) in [5.74, 6) is 2.38. The van der Waals surface area contributed by atoms with Crippen molar-refractivity contribution in [1.29, 1.82) is 0 Å². The summed E-state index contributed by atoms with van der Waals surface area (Å²) in [6.45, 7) is 0. The number of nitrogens with zero attached hydrogens (tertiary/aromatic N) is 3. The molecule has 0 unspecified atom stereocenters. The van der Waals surface area contributed by atoms with Gasteiger partial charge in [0.25, 0.3) is 0 Å². The number of aromatic nitrogens is 3. The summed E-state index contributed by atoms with van der Waals surface area (Å²) in [4.78, 5) is 16.1. The molecule has 0 bridgehead atoms. The minimum atomic E-state index is -0.571. The molecule has 1 aliphatic heterocycles. The lowest BCUT2D eigenvalue weighted by atomic mass is 9.66. The van der Waals surface area contributed by atoms with Crippen LogP contribution in [0.5, 0.6) is 11.5 Å². The molecule has 4 heterocycles. The third-order valence-corrected chi connectivity index (χ3v) is 12.3. The summed E-state index contributed by atoms with van der Waals surface area (Å²) in [6, 6.07) is 58.1. The highest BCUT2D eigenvalue weighted by Crippen LogP contribution is 2.62. The Bertz CT molecular complexity index is 3140. The predicted molar refractivity (Wildman–Crippen MR) is 216 cm³/mol. The number of para-hydroxylation sites is 3. The number of ether oxygens (including phenoxy) is 1. The summed E-state index contributed by atoms with van der Waals surface area (Å²) in [7, 11) is 0. The summed E-state index contributed by atoms with van der Waals surface area (Å²) in [6.07, 6.45) is 0. The van der Waals surface area contributed by atoms with Crippen molar-refractivity contribution in [3.05, 3.63) is 186 Å². The Morgan fingerprint density at radius 1 is 0.453 bits per heavy atom. The first-order chi connectivity index (χ1) is 26.3. The van der Waals surface area contributed by atoms with Crippen LogP contribution in [0.1, 0.15) is 22.3 Å². The van der Waals surface area contributed by atoms with E-state index in [1.807, 2.05) is 6.07 Å². The van der Waals surface area contributed by atoms with Gasteiger partial charge in [-0.2, -0.15) is 0 Å². The van der Waals surface area contributed by atoms with Gasteiger partial charge in [0.05, 0.1) is 26.8 Å². The van der Waals surface area contributed by atoms with Crippen LogP contribution in [0.3, 0.4) is 0 Å². The number of pyridine rings is 1. The molecule has 3 aromatic heterocycles. The van der Waals surface area contributed by atoms with Gasteiger partial charge < -0.3 is 4.74 Å². The summed E-state index contributed by atoms with van der Waals surface area (Å²) in [5.41, 5.74) is 11.3. The highest BCUT2D eigenvalue weighted by atomic mass is 32.1. The smallest absolute Gasteiger partial charge is 0.180 e. The molecule has 0 amide bonds. The quantitative estimate of drug-likeness (QED) is 0.169. The van der Waals surface area contributed by atoms with Gasteiger partial charge in [-0.1, -0.05) is 133 Å². The van der Waals surface area contributed by atoms with Crippen LogP contribution in [0.4, 0.5) is 0 Å². The molecule has 0 N–H and O–H groups in total. The fourth-order valence-electron chi connectivity index (χ4n) is 8.97. The molecule has 246 valence electrons. The van der Waals surface area contributed by atoms with Crippen molar-refractivity contribution >= 4 is 53.3 Å². The van der Waals surface area contributed by atoms with Crippen molar-refractivity contribution < 1.29 is 4.74 Å². The third kappa shape index (κ3) is 3.86. The molecule has 0 saturated carbocycles. The van der Waals surface area contributed by atoms with Crippen LogP contribution in [-0.4, -0.2) is 15.0 Å². The monoisotopic (exact) mass is 693 g/mol. The number of fused-ring (bicyclic) bond motifs is 15. The lowest BCUT2D eigenvalue weighted by Crippen LogP contribution is -2.32. The molecular formula is C48H27N3OS. The highest BCUT2D eigenvalue weighted by Gasteiger charge is 2.51. The van der Waals surface area contributed by atoms with Crippen molar-refractivity contribution in [1.82, 2.24) is 15.0 Å². The first kappa shape index (κ1) is 28.9. The summed E-state index contributed by atoms with van der Waals surface area (Å²) in [5, 5.41) is 4.42. The topological polar surface area (TPSA) is 47.9 Å². The average molecular weight is 694 g/mol. The van der Waals surface area contributed by atoms with E-state index in [0.29, 0.717) is 5.82 Å².